The molecule has 0 bridgehead atoms. The molecule has 2 N–H and O–H groups in total. The summed E-state index contributed by atoms with van der Waals surface area (Å²) < 4.78 is 1.59. The lowest BCUT2D eigenvalue weighted by molar-refractivity contribution is 0.0659. The minimum atomic E-state index is 0.0858. The van der Waals surface area contributed by atoms with E-state index in [9.17, 15) is 4.79 Å². The van der Waals surface area contributed by atoms with Gasteiger partial charge < -0.3 is 19.8 Å². The molecule has 5 rings (SSSR count). The maximum absolute atomic E-state index is 12.3. The van der Waals surface area contributed by atoms with E-state index in [0.717, 1.165) is 49.9 Å². The third-order valence-electron chi connectivity index (χ3n) is 4.51. The second kappa shape index (κ2) is 7.85. The molecule has 1 aliphatic heterocycles. The average Bonchev–Trinajstić information content (AvgIpc) is 3.35. The van der Waals surface area contributed by atoms with Gasteiger partial charge in [0.2, 0.25) is 0 Å². The van der Waals surface area contributed by atoms with E-state index in [-0.39, 0.29) is 5.91 Å². The van der Waals surface area contributed by atoms with Gasteiger partial charge >= 0.3 is 0 Å². The number of piperazine rings is 1. The van der Waals surface area contributed by atoms with E-state index in [1.807, 2.05) is 35.4 Å². The van der Waals surface area contributed by atoms with Crippen molar-refractivity contribution in [3.63, 3.8) is 0 Å². The maximum Gasteiger partial charge on any atom is 0.270 e. The molecule has 0 spiro atoms. The fourth-order valence-electron chi connectivity index (χ4n) is 3.01. The smallest absolute Gasteiger partial charge is 0.270 e. The number of rotatable bonds is 1. The Morgan fingerprint density at radius 3 is 2.33 bits per heavy atom. The van der Waals surface area contributed by atoms with Gasteiger partial charge in [0, 0.05) is 43.1 Å². The molecule has 142 valence electrons. The van der Waals surface area contributed by atoms with Crippen molar-refractivity contribution in [1.29, 1.82) is 0 Å². The first-order valence-electron chi connectivity index (χ1n) is 8.48. The molecular weight excluding hydrogens is 423 g/mol. The summed E-state index contributed by atoms with van der Waals surface area (Å²) in [5.41, 5.74) is 0.664. The second-order valence-corrected chi connectivity index (χ2v) is 9.79. The van der Waals surface area contributed by atoms with E-state index in [1.165, 1.54) is 16.7 Å². The molecule has 27 heavy (non-hydrogen) atoms. The highest BCUT2D eigenvalue weighted by Gasteiger charge is 2.22. The van der Waals surface area contributed by atoms with Crippen LogP contribution in [0.25, 0.3) is 20.4 Å². The second-order valence-electron chi connectivity index (χ2n) is 6.43. The lowest BCUT2D eigenvalue weighted by Crippen LogP contribution is -2.47. The Labute approximate surface area is 174 Å². The minimum Gasteiger partial charge on any atom is -0.353 e. The molecule has 5 nitrogen and oxygen atoms in total. The van der Waals surface area contributed by atoms with E-state index in [2.05, 4.69) is 21.9 Å². The minimum absolute atomic E-state index is 0.0858. The molecule has 5 heterocycles. The van der Waals surface area contributed by atoms with Crippen LogP contribution in [0.2, 0.25) is 8.67 Å². The number of carbonyl (C=O) groups is 1. The number of thiophene rings is 2. The SMILES string of the molecule is CN1CCN(C(=O)c2cc3cc(Cl)sc3[nH]2)CC1.Clc1cc2cc[nH]c2s1. The van der Waals surface area contributed by atoms with Gasteiger partial charge in [0.1, 0.15) is 15.4 Å². The largest absolute Gasteiger partial charge is 0.353 e. The Kier molecular flexibility index (Phi) is 5.48. The molecule has 1 fully saturated rings. The number of nitrogens with one attached hydrogen (secondary N) is 2. The number of amides is 1. The van der Waals surface area contributed by atoms with Gasteiger partial charge in [0.15, 0.2) is 0 Å². The number of fused-ring (bicyclic) bond motifs is 2. The Bertz CT molecular complexity index is 1010. The quantitative estimate of drug-likeness (QED) is 0.429. The predicted molar refractivity (Wildman–Crippen MR) is 116 cm³/mol. The zero-order chi connectivity index (χ0) is 19.0. The number of halogens is 2. The normalized spacial score (nSPS) is 15.3. The third-order valence-corrected chi connectivity index (χ3v) is 6.91. The molecule has 4 aromatic rings. The van der Waals surface area contributed by atoms with Gasteiger partial charge in [-0.1, -0.05) is 23.2 Å². The molecule has 0 atom stereocenters. The standard InChI is InChI=1S/C12H14ClN3OS.C6H4ClNS/c1-15-2-4-16(5-3-15)12(17)9-6-8-7-10(13)18-11(8)14-9;7-5-3-4-1-2-8-6(4)9-5/h6-7,14H,2-5H2,1H3;1-3,8H. The van der Waals surface area contributed by atoms with Crippen molar-refractivity contribution in [3.05, 3.63) is 44.8 Å². The molecule has 0 unspecified atom stereocenters. The fourth-order valence-corrected chi connectivity index (χ4v) is 5.23. The van der Waals surface area contributed by atoms with Gasteiger partial charge in [-0.05, 0) is 31.3 Å². The number of aromatic nitrogens is 2. The first-order chi connectivity index (χ1) is 13.0. The summed E-state index contributed by atoms with van der Waals surface area (Å²) in [4.78, 5) is 24.8. The zero-order valence-electron chi connectivity index (χ0n) is 14.6. The first kappa shape index (κ1) is 18.8. The Morgan fingerprint density at radius 1 is 1.00 bits per heavy atom. The van der Waals surface area contributed by atoms with E-state index >= 15 is 0 Å². The van der Waals surface area contributed by atoms with Gasteiger partial charge in [0.05, 0.1) is 8.67 Å². The molecule has 1 amide bonds. The number of hydrogen-bond acceptors (Lipinski definition) is 4. The van der Waals surface area contributed by atoms with Gasteiger partial charge in [-0.2, -0.15) is 0 Å². The molecule has 9 heteroatoms. The van der Waals surface area contributed by atoms with Crippen LogP contribution in [0.1, 0.15) is 10.5 Å². The summed E-state index contributed by atoms with van der Waals surface area (Å²) in [5.74, 6) is 0.0858. The van der Waals surface area contributed by atoms with Crippen LogP contribution in [0.15, 0.2) is 30.5 Å². The molecule has 0 aliphatic carbocycles. The van der Waals surface area contributed by atoms with Crippen LogP contribution in [0.5, 0.6) is 0 Å². The summed E-state index contributed by atoms with van der Waals surface area (Å²) >= 11 is 14.7. The number of likely N-dealkylation sites (N-methyl/N-ethyl adjacent to an activating group) is 1. The molecule has 0 aromatic carbocycles. The molecule has 0 saturated carbocycles. The van der Waals surface area contributed by atoms with E-state index < -0.39 is 0 Å². The Morgan fingerprint density at radius 2 is 1.67 bits per heavy atom. The predicted octanol–water partition coefficient (Wildman–Crippen LogP) is 5.15. The number of hydrogen-bond donors (Lipinski definition) is 2. The highest BCUT2D eigenvalue weighted by atomic mass is 35.5. The maximum atomic E-state index is 12.3. The number of H-pyrrole nitrogens is 2. The molecule has 0 radical (unpaired) electrons. The lowest BCUT2D eigenvalue weighted by Gasteiger charge is -2.32. The van der Waals surface area contributed by atoms with Crippen LogP contribution >= 0.6 is 45.9 Å². The highest BCUT2D eigenvalue weighted by Crippen LogP contribution is 2.30. The molecule has 1 saturated heterocycles. The number of aromatic amines is 2. The van der Waals surface area contributed by atoms with Crippen molar-refractivity contribution < 1.29 is 4.79 Å². The summed E-state index contributed by atoms with van der Waals surface area (Å²) in [7, 11) is 2.08. The van der Waals surface area contributed by atoms with Crippen LogP contribution in [-0.2, 0) is 0 Å². The van der Waals surface area contributed by atoms with Crippen molar-refractivity contribution in [2.24, 2.45) is 0 Å². The number of nitrogens with zero attached hydrogens (tertiary/aromatic N) is 2. The van der Waals surface area contributed by atoms with Crippen LogP contribution in [-0.4, -0.2) is 58.9 Å². The summed E-state index contributed by atoms with van der Waals surface area (Å²) in [5, 5.41) is 2.22. The van der Waals surface area contributed by atoms with Gasteiger partial charge in [-0.15, -0.1) is 22.7 Å². The van der Waals surface area contributed by atoms with E-state index in [4.69, 9.17) is 23.2 Å². The first-order valence-corrected chi connectivity index (χ1v) is 10.9. The third kappa shape index (κ3) is 4.17. The topological polar surface area (TPSA) is 55.1 Å². The monoisotopic (exact) mass is 440 g/mol. The van der Waals surface area contributed by atoms with Crippen molar-refractivity contribution >= 4 is 72.2 Å². The molecule has 1 aliphatic rings. The van der Waals surface area contributed by atoms with Crippen molar-refractivity contribution in [3.8, 4) is 0 Å². The highest BCUT2D eigenvalue weighted by molar-refractivity contribution is 7.22. The Balaban J connectivity index is 0.000000167. The summed E-state index contributed by atoms with van der Waals surface area (Å²) in [6, 6.07) is 7.74. The molecular formula is C18H18Cl2N4OS2. The average molecular weight is 441 g/mol. The summed E-state index contributed by atoms with van der Waals surface area (Å²) in [6.45, 7) is 3.46. The lowest BCUT2D eigenvalue weighted by atomic mass is 10.3. The summed E-state index contributed by atoms with van der Waals surface area (Å²) in [6.07, 6.45) is 1.91. The van der Waals surface area contributed by atoms with E-state index in [1.54, 1.807) is 11.3 Å². The molecule has 4 aromatic heterocycles. The van der Waals surface area contributed by atoms with Crippen LogP contribution < -0.4 is 0 Å². The van der Waals surface area contributed by atoms with Gasteiger partial charge in [-0.25, -0.2) is 0 Å². The van der Waals surface area contributed by atoms with E-state index in [0.29, 0.717) is 5.69 Å². The van der Waals surface area contributed by atoms with Crippen LogP contribution in [0.4, 0.5) is 0 Å². The number of carbonyl (C=O) groups excluding carboxylic acids is 1. The van der Waals surface area contributed by atoms with Gasteiger partial charge in [-0.3, -0.25) is 4.79 Å². The van der Waals surface area contributed by atoms with Crippen molar-refractivity contribution in [2.75, 3.05) is 33.2 Å². The van der Waals surface area contributed by atoms with Crippen molar-refractivity contribution in [1.82, 2.24) is 19.8 Å². The Hall–Kier alpha value is -1.51. The van der Waals surface area contributed by atoms with Crippen LogP contribution in [0.3, 0.4) is 0 Å². The van der Waals surface area contributed by atoms with Crippen molar-refractivity contribution in [2.45, 2.75) is 0 Å². The van der Waals surface area contributed by atoms with Gasteiger partial charge in [0.25, 0.3) is 5.91 Å². The zero-order valence-corrected chi connectivity index (χ0v) is 17.7. The fraction of sp³-hybridized carbons (Fsp3) is 0.278. The van der Waals surface area contributed by atoms with Crippen LogP contribution in [0, 0.1) is 0 Å².